The van der Waals surface area contributed by atoms with Crippen LogP contribution < -0.4 is 0 Å². The molecule has 2 aliphatic carbocycles. The number of aryl methyl sites for hydroxylation is 2. The van der Waals surface area contributed by atoms with Crippen molar-refractivity contribution in [1.29, 1.82) is 0 Å². The summed E-state index contributed by atoms with van der Waals surface area (Å²) in [6.07, 6.45) is 5.07. The normalized spacial score (nSPS) is 22.1. The lowest BCUT2D eigenvalue weighted by molar-refractivity contribution is -0.208. The third-order valence-electron chi connectivity index (χ3n) is 7.88. The fraction of sp³-hybridized carbons (Fsp3) is 0.484. The molecule has 2 saturated carbocycles. The molecule has 4 rings (SSSR count). The predicted molar refractivity (Wildman–Crippen MR) is 144 cm³/mol. The molecule has 0 heterocycles. The van der Waals surface area contributed by atoms with Gasteiger partial charge in [-0.15, -0.1) is 0 Å². The van der Waals surface area contributed by atoms with Crippen LogP contribution in [0.2, 0.25) is 0 Å². The maximum absolute atomic E-state index is 12.1. The number of benzene rings is 2. The van der Waals surface area contributed by atoms with E-state index in [4.69, 9.17) is 9.47 Å². The Kier molecular flexibility index (Phi) is 10.6. The standard InChI is InChI=1S/C31H36O10/c1-20-7-3-5-9-26(20)28(32)38-40-30(34)36-24-15-11-22(12-16-24)19-23-13-17-25(18-14-23)37-31(35)41-39-29(33)27-10-6-4-8-21(27)2/h3-10,22-25H,11-19H2,1-2H3. The molecule has 0 saturated heterocycles. The van der Waals surface area contributed by atoms with Gasteiger partial charge in [-0.2, -0.15) is 9.59 Å². The van der Waals surface area contributed by atoms with E-state index in [9.17, 15) is 19.2 Å². The highest BCUT2D eigenvalue weighted by molar-refractivity contribution is 5.91. The molecule has 0 amide bonds. The van der Waals surface area contributed by atoms with Gasteiger partial charge in [-0.3, -0.25) is 0 Å². The van der Waals surface area contributed by atoms with Gasteiger partial charge in [-0.25, -0.2) is 29.1 Å². The van der Waals surface area contributed by atoms with E-state index in [0.29, 0.717) is 34.1 Å². The number of ether oxygens (including phenoxy) is 2. The zero-order valence-corrected chi connectivity index (χ0v) is 23.4. The Morgan fingerprint density at radius 3 is 1.29 bits per heavy atom. The van der Waals surface area contributed by atoms with Crippen LogP contribution >= 0.6 is 0 Å². The summed E-state index contributed by atoms with van der Waals surface area (Å²) in [7, 11) is 0. The van der Waals surface area contributed by atoms with Crippen LogP contribution in [-0.4, -0.2) is 36.5 Å². The van der Waals surface area contributed by atoms with Crippen molar-refractivity contribution in [3.05, 3.63) is 70.8 Å². The first-order chi connectivity index (χ1) is 19.8. The van der Waals surface area contributed by atoms with Crippen LogP contribution in [-0.2, 0) is 29.0 Å². The van der Waals surface area contributed by atoms with Gasteiger partial charge in [-0.05, 0) is 107 Å². The van der Waals surface area contributed by atoms with Crippen LogP contribution in [0, 0.1) is 25.7 Å². The summed E-state index contributed by atoms with van der Waals surface area (Å²) >= 11 is 0. The lowest BCUT2D eigenvalue weighted by Gasteiger charge is -2.33. The summed E-state index contributed by atoms with van der Waals surface area (Å²) in [5, 5.41) is 0. The molecule has 10 nitrogen and oxygen atoms in total. The summed E-state index contributed by atoms with van der Waals surface area (Å²) in [6.45, 7) is 3.52. The van der Waals surface area contributed by atoms with Gasteiger partial charge in [0.25, 0.3) is 0 Å². The van der Waals surface area contributed by atoms with Crippen LogP contribution in [0.15, 0.2) is 48.5 Å². The average Bonchev–Trinajstić information content (AvgIpc) is 2.97. The SMILES string of the molecule is Cc1ccccc1C(=O)OOC(=O)OC1CCC(CC2CCC(OC(=O)OOC(=O)c3ccccc3C)CC2)CC1. The molecular formula is C31H36O10. The fourth-order valence-corrected chi connectivity index (χ4v) is 5.59. The molecule has 10 heteroatoms. The summed E-state index contributed by atoms with van der Waals surface area (Å²) in [4.78, 5) is 66.6. The molecule has 220 valence electrons. The van der Waals surface area contributed by atoms with E-state index in [2.05, 4.69) is 19.6 Å². The zero-order valence-electron chi connectivity index (χ0n) is 23.4. The number of hydrogen-bond acceptors (Lipinski definition) is 10. The number of hydrogen-bond donors (Lipinski definition) is 0. The lowest BCUT2D eigenvalue weighted by atomic mass is 9.76. The van der Waals surface area contributed by atoms with E-state index in [-0.39, 0.29) is 12.2 Å². The van der Waals surface area contributed by atoms with Crippen molar-refractivity contribution in [3.63, 3.8) is 0 Å². The first-order valence-electron chi connectivity index (χ1n) is 14.1. The molecule has 2 aromatic rings. The second kappa shape index (κ2) is 14.5. The van der Waals surface area contributed by atoms with Crippen molar-refractivity contribution < 1.29 is 48.2 Å². The Morgan fingerprint density at radius 2 is 0.927 bits per heavy atom. The van der Waals surface area contributed by atoms with Gasteiger partial charge in [0.15, 0.2) is 0 Å². The molecule has 0 bridgehead atoms. The Bertz CT molecular complexity index is 1120. The second-order valence-corrected chi connectivity index (χ2v) is 10.8. The minimum Gasteiger partial charge on any atom is -0.428 e. The fourth-order valence-electron chi connectivity index (χ4n) is 5.59. The Hall–Kier alpha value is -4.08. The highest BCUT2D eigenvalue weighted by Gasteiger charge is 2.30. The van der Waals surface area contributed by atoms with Gasteiger partial charge in [0.1, 0.15) is 12.2 Å². The van der Waals surface area contributed by atoms with E-state index in [1.165, 1.54) is 0 Å². The summed E-state index contributed by atoms with van der Waals surface area (Å²) in [6, 6.07) is 13.7. The second-order valence-electron chi connectivity index (χ2n) is 10.8. The third kappa shape index (κ3) is 8.96. The monoisotopic (exact) mass is 568 g/mol. The molecule has 0 N–H and O–H groups in total. The van der Waals surface area contributed by atoms with Gasteiger partial charge in [0.05, 0.1) is 11.1 Å². The third-order valence-corrected chi connectivity index (χ3v) is 7.88. The van der Waals surface area contributed by atoms with Crippen molar-refractivity contribution in [1.82, 2.24) is 0 Å². The molecule has 0 atom stereocenters. The van der Waals surface area contributed by atoms with Crippen molar-refractivity contribution in [3.8, 4) is 0 Å². The highest BCUT2D eigenvalue weighted by Crippen LogP contribution is 2.37. The molecular weight excluding hydrogens is 532 g/mol. The Morgan fingerprint density at radius 1 is 0.561 bits per heavy atom. The number of carbonyl (C=O) groups is 4. The van der Waals surface area contributed by atoms with E-state index in [1.54, 1.807) is 62.4 Å². The topological polar surface area (TPSA) is 124 Å². The maximum atomic E-state index is 12.1. The van der Waals surface area contributed by atoms with Gasteiger partial charge >= 0.3 is 24.2 Å². The van der Waals surface area contributed by atoms with Gasteiger partial charge < -0.3 is 9.47 Å². The van der Waals surface area contributed by atoms with Gasteiger partial charge in [0, 0.05) is 0 Å². The smallest absolute Gasteiger partial charge is 0.428 e. The zero-order chi connectivity index (χ0) is 29.2. The van der Waals surface area contributed by atoms with E-state index >= 15 is 0 Å². The summed E-state index contributed by atoms with van der Waals surface area (Å²) in [5.41, 5.74) is 2.07. The van der Waals surface area contributed by atoms with Crippen molar-refractivity contribution in [2.75, 3.05) is 0 Å². The Labute approximate surface area is 239 Å². The molecule has 2 fully saturated rings. The molecule has 41 heavy (non-hydrogen) atoms. The molecule has 2 aromatic carbocycles. The molecule has 0 aromatic heterocycles. The quantitative estimate of drug-likeness (QED) is 0.205. The van der Waals surface area contributed by atoms with Crippen LogP contribution in [0.25, 0.3) is 0 Å². The largest absolute Gasteiger partial charge is 0.550 e. The van der Waals surface area contributed by atoms with Crippen molar-refractivity contribution in [2.45, 2.75) is 83.8 Å². The minimum atomic E-state index is -1.02. The molecule has 2 aliphatic rings. The predicted octanol–water partition coefficient (Wildman–Crippen LogP) is 6.96. The lowest BCUT2D eigenvalue weighted by Crippen LogP contribution is -2.28. The van der Waals surface area contributed by atoms with E-state index < -0.39 is 24.2 Å². The molecule has 0 unspecified atom stereocenters. The number of rotatable bonds is 6. The highest BCUT2D eigenvalue weighted by atomic mass is 17.2. The van der Waals surface area contributed by atoms with Crippen molar-refractivity contribution in [2.24, 2.45) is 11.8 Å². The minimum absolute atomic E-state index is 0.272. The van der Waals surface area contributed by atoms with Crippen LogP contribution in [0.3, 0.4) is 0 Å². The summed E-state index contributed by atoms with van der Waals surface area (Å²) in [5.74, 6) is -0.444. The molecule has 0 radical (unpaired) electrons. The first kappa shape index (κ1) is 29.9. The van der Waals surface area contributed by atoms with Crippen LogP contribution in [0.5, 0.6) is 0 Å². The van der Waals surface area contributed by atoms with Crippen molar-refractivity contribution >= 4 is 24.2 Å². The average molecular weight is 569 g/mol. The van der Waals surface area contributed by atoms with Crippen LogP contribution in [0.1, 0.15) is 89.6 Å². The Balaban J connectivity index is 1.07. The maximum Gasteiger partial charge on any atom is 0.550 e. The molecule has 0 aliphatic heterocycles. The molecule has 0 spiro atoms. The summed E-state index contributed by atoms with van der Waals surface area (Å²) < 4.78 is 10.7. The van der Waals surface area contributed by atoms with Gasteiger partial charge in [0.2, 0.25) is 0 Å². The van der Waals surface area contributed by atoms with E-state index in [1.807, 2.05) is 0 Å². The first-order valence-corrected chi connectivity index (χ1v) is 14.1. The van der Waals surface area contributed by atoms with E-state index in [0.717, 1.165) is 57.8 Å². The number of carbonyl (C=O) groups excluding carboxylic acids is 4. The van der Waals surface area contributed by atoms with Crippen LogP contribution in [0.4, 0.5) is 9.59 Å². The van der Waals surface area contributed by atoms with Gasteiger partial charge in [-0.1, -0.05) is 36.4 Å².